The molecular weight excluding hydrogens is 272 g/mol. The van der Waals surface area contributed by atoms with Crippen LogP contribution in [0.3, 0.4) is 0 Å². The number of methoxy groups -OCH3 is 1. The molecule has 0 radical (unpaired) electrons. The Morgan fingerprint density at radius 3 is 2.55 bits per heavy atom. The average molecular weight is 290 g/mol. The fourth-order valence-electron chi connectivity index (χ4n) is 4.16. The summed E-state index contributed by atoms with van der Waals surface area (Å²) in [6, 6.07) is 18.7. The van der Waals surface area contributed by atoms with Crippen molar-refractivity contribution in [1.29, 1.82) is 0 Å². The van der Waals surface area contributed by atoms with E-state index in [0.717, 1.165) is 6.42 Å². The predicted molar refractivity (Wildman–Crippen MR) is 86.5 cm³/mol. The normalized spacial score (nSPS) is 28.2. The highest BCUT2D eigenvalue weighted by Gasteiger charge is 2.61. The number of rotatable bonds is 2. The zero-order valence-electron chi connectivity index (χ0n) is 12.5. The number of carbonyl (C=O) groups excluding carboxylic acids is 1. The molecule has 2 heteroatoms. The van der Waals surface area contributed by atoms with Crippen molar-refractivity contribution < 1.29 is 9.53 Å². The van der Waals surface area contributed by atoms with Crippen molar-refractivity contribution in [3.8, 4) is 0 Å². The number of hydrogen-bond donors (Lipinski definition) is 0. The fraction of sp³-hybridized carbons (Fsp3) is 0.250. The molecule has 4 rings (SSSR count). The summed E-state index contributed by atoms with van der Waals surface area (Å²) < 4.78 is 5.19. The molecule has 0 amide bonds. The molecule has 0 bridgehead atoms. The molecule has 0 heterocycles. The van der Waals surface area contributed by atoms with E-state index in [0.29, 0.717) is 0 Å². The van der Waals surface area contributed by atoms with Crippen molar-refractivity contribution in [3.63, 3.8) is 0 Å². The van der Waals surface area contributed by atoms with Crippen molar-refractivity contribution in [2.75, 3.05) is 7.11 Å². The van der Waals surface area contributed by atoms with Gasteiger partial charge < -0.3 is 4.74 Å². The summed E-state index contributed by atoms with van der Waals surface area (Å²) >= 11 is 0. The van der Waals surface area contributed by atoms with Gasteiger partial charge in [-0.1, -0.05) is 66.7 Å². The van der Waals surface area contributed by atoms with Gasteiger partial charge in [0.25, 0.3) is 0 Å². The molecule has 2 aromatic rings. The molecular formula is C20H18O2. The third-order valence-electron chi connectivity index (χ3n) is 5.28. The number of fused-ring (bicyclic) bond motifs is 3. The third kappa shape index (κ3) is 1.64. The fourth-order valence-corrected chi connectivity index (χ4v) is 4.16. The first-order valence-electron chi connectivity index (χ1n) is 7.69. The lowest BCUT2D eigenvalue weighted by molar-refractivity contribution is -0.158. The average Bonchev–Trinajstić information content (AvgIpc) is 2.56. The highest BCUT2D eigenvalue weighted by molar-refractivity contribution is 5.87. The maximum atomic E-state index is 12.7. The van der Waals surface area contributed by atoms with Gasteiger partial charge in [-0.2, -0.15) is 0 Å². The summed E-state index contributed by atoms with van der Waals surface area (Å²) in [6.45, 7) is 0. The molecule has 0 saturated heterocycles. The van der Waals surface area contributed by atoms with Crippen LogP contribution >= 0.6 is 0 Å². The maximum absolute atomic E-state index is 12.7. The lowest BCUT2D eigenvalue weighted by Crippen LogP contribution is -2.52. The van der Waals surface area contributed by atoms with Gasteiger partial charge in [-0.25, -0.2) is 0 Å². The molecule has 2 aliphatic rings. The molecule has 2 aromatic carbocycles. The van der Waals surface area contributed by atoms with Crippen molar-refractivity contribution in [2.24, 2.45) is 5.41 Å². The monoisotopic (exact) mass is 290 g/mol. The molecule has 1 unspecified atom stereocenters. The van der Waals surface area contributed by atoms with E-state index in [4.69, 9.17) is 4.74 Å². The van der Waals surface area contributed by atoms with E-state index in [1.807, 2.05) is 24.3 Å². The Hall–Kier alpha value is -2.35. The third-order valence-corrected chi connectivity index (χ3v) is 5.28. The van der Waals surface area contributed by atoms with E-state index in [2.05, 4.69) is 42.5 Å². The smallest absolute Gasteiger partial charge is 0.316 e. The highest BCUT2D eigenvalue weighted by atomic mass is 16.5. The molecule has 1 fully saturated rings. The van der Waals surface area contributed by atoms with Gasteiger partial charge in [0.1, 0.15) is 0 Å². The van der Waals surface area contributed by atoms with Crippen LogP contribution in [-0.4, -0.2) is 13.1 Å². The van der Waals surface area contributed by atoms with Crippen molar-refractivity contribution >= 4 is 12.0 Å². The van der Waals surface area contributed by atoms with E-state index < -0.39 is 5.41 Å². The van der Waals surface area contributed by atoms with Gasteiger partial charge in [0.2, 0.25) is 0 Å². The minimum absolute atomic E-state index is 0.122. The summed E-state index contributed by atoms with van der Waals surface area (Å²) in [5, 5.41) is 0. The largest absolute Gasteiger partial charge is 0.468 e. The summed E-state index contributed by atoms with van der Waals surface area (Å²) in [6.07, 6.45) is 5.14. The standard InChI is InChI=1S/C20H18O2/c1-22-19(21)20-12-11-14-7-5-6-10-16(14)18(20)13-17(20)15-8-3-2-4-9-15/h2-12,17-18H,13H2,1H3/t17-,18?,20-/m0/s1. The SMILES string of the molecule is COC(=O)[C@]12C=Cc3ccccc3C1C[C@H]2c1ccccc1. The van der Waals surface area contributed by atoms with Crippen LogP contribution < -0.4 is 0 Å². The summed E-state index contributed by atoms with van der Waals surface area (Å²) in [5.74, 6) is 0.283. The van der Waals surface area contributed by atoms with Crippen LogP contribution in [0.5, 0.6) is 0 Å². The zero-order valence-corrected chi connectivity index (χ0v) is 12.5. The van der Waals surface area contributed by atoms with Gasteiger partial charge in [0, 0.05) is 11.8 Å². The molecule has 0 aromatic heterocycles. The molecule has 0 aliphatic heterocycles. The van der Waals surface area contributed by atoms with E-state index in [1.165, 1.54) is 23.8 Å². The lowest BCUT2D eigenvalue weighted by atomic mass is 9.47. The molecule has 2 nitrogen and oxygen atoms in total. The van der Waals surface area contributed by atoms with Gasteiger partial charge >= 0.3 is 5.97 Å². The zero-order chi connectivity index (χ0) is 15.2. The van der Waals surface area contributed by atoms with E-state index >= 15 is 0 Å². The summed E-state index contributed by atoms with van der Waals surface area (Å²) in [4.78, 5) is 12.7. The number of hydrogen-bond acceptors (Lipinski definition) is 2. The Balaban J connectivity index is 1.83. The Bertz CT molecular complexity index is 747. The molecule has 110 valence electrons. The number of ether oxygens (including phenoxy) is 1. The minimum atomic E-state index is -0.551. The lowest BCUT2D eigenvalue weighted by Gasteiger charge is -2.54. The second-order valence-corrected chi connectivity index (χ2v) is 6.14. The first-order chi connectivity index (χ1) is 10.8. The Morgan fingerprint density at radius 2 is 1.77 bits per heavy atom. The molecule has 22 heavy (non-hydrogen) atoms. The van der Waals surface area contributed by atoms with Crippen LogP contribution in [0.1, 0.15) is 34.9 Å². The van der Waals surface area contributed by atoms with Gasteiger partial charge in [0.05, 0.1) is 12.5 Å². The second-order valence-electron chi connectivity index (χ2n) is 6.14. The Morgan fingerprint density at radius 1 is 1.05 bits per heavy atom. The van der Waals surface area contributed by atoms with E-state index in [-0.39, 0.29) is 17.8 Å². The van der Waals surface area contributed by atoms with E-state index in [9.17, 15) is 4.79 Å². The van der Waals surface area contributed by atoms with Crippen LogP contribution in [0, 0.1) is 5.41 Å². The molecule has 0 N–H and O–H groups in total. The number of carbonyl (C=O) groups is 1. The van der Waals surface area contributed by atoms with Crippen molar-refractivity contribution in [3.05, 3.63) is 77.4 Å². The van der Waals surface area contributed by atoms with Crippen molar-refractivity contribution in [2.45, 2.75) is 18.3 Å². The second kappa shape index (κ2) is 4.84. The number of benzene rings is 2. The first-order valence-corrected chi connectivity index (χ1v) is 7.69. The maximum Gasteiger partial charge on any atom is 0.316 e. The van der Waals surface area contributed by atoms with Crippen LogP contribution in [0.15, 0.2) is 60.7 Å². The van der Waals surface area contributed by atoms with Gasteiger partial charge in [-0.3, -0.25) is 4.79 Å². The van der Waals surface area contributed by atoms with Gasteiger partial charge in [-0.15, -0.1) is 0 Å². The molecule has 1 saturated carbocycles. The van der Waals surface area contributed by atoms with E-state index in [1.54, 1.807) is 0 Å². The van der Waals surface area contributed by atoms with Crippen LogP contribution in [-0.2, 0) is 9.53 Å². The minimum Gasteiger partial charge on any atom is -0.468 e. The van der Waals surface area contributed by atoms with Crippen molar-refractivity contribution in [1.82, 2.24) is 0 Å². The quantitative estimate of drug-likeness (QED) is 0.777. The summed E-state index contributed by atoms with van der Waals surface area (Å²) in [7, 11) is 1.49. The van der Waals surface area contributed by atoms with Crippen LogP contribution in [0.4, 0.5) is 0 Å². The predicted octanol–water partition coefficient (Wildman–Crippen LogP) is 4.14. The molecule has 3 atom stereocenters. The van der Waals surface area contributed by atoms with Crippen LogP contribution in [0.2, 0.25) is 0 Å². The van der Waals surface area contributed by atoms with Gasteiger partial charge in [0.15, 0.2) is 0 Å². The van der Waals surface area contributed by atoms with Gasteiger partial charge in [-0.05, 0) is 23.1 Å². The topological polar surface area (TPSA) is 26.3 Å². The Kier molecular flexibility index (Phi) is 2.93. The summed E-state index contributed by atoms with van der Waals surface area (Å²) in [5.41, 5.74) is 3.15. The molecule has 2 aliphatic carbocycles. The molecule has 0 spiro atoms. The Labute approximate surface area is 130 Å². The highest BCUT2D eigenvalue weighted by Crippen LogP contribution is 2.65. The number of esters is 1. The van der Waals surface area contributed by atoms with Crippen LogP contribution in [0.25, 0.3) is 6.08 Å². The first kappa shape index (κ1) is 13.3.